The normalized spacial score (nSPS) is 15.3. The molecule has 1 aromatic carbocycles. The summed E-state index contributed by atoms with van der Waals surface area (Å²) in [6.07, 6.45) is 4.42. The molecular formula is C18H22ClNO5. The van der Waals surface area contributed by atoms with Crippen molar-refractivity contribution in [3.05, 3.63) is 28.8 Å². The standard InChI is InChI=1S/C18H22ClNO5/c1-23-15-11-12(10-14(19)17(15)24-2)4-5-16(21)20-8-6-13(7-9-20)18(22)25-3/h4-5,10-11,13H,6-9H2,1-3H3/b5-4+. The van der Waals surface area contributed by atoms with Gasteiger partial charge in [0.25, 0.3) is 0 Å². The highest BCUT2D eigenvalue weighted by Crippen LogP contribution is 2.36. The Labute approximate surface area is 152 Å². The van der Waals surface area contributed by atoms with E-state index >= 15 is 0 Å². The minimum absolute atomic E-state index is 0.103. The number of halogens is 1. The van der Waals surface area contributed by atoms with Crippen molar-refractivity contribution in [1.82, 2.24) is 4.90 Å². The van der Waals surface area contributed by atoms with Gasteiger partial charge in [-0.15, -0.1) is 0 Å². The summed E-state index contributed by atoms with van der Waals surface area (Å²) >= 11 is 6.16. The van der Waals surface area contributed by atoms with E-state index in [0.717, 1.165) is 5.56 Å². The van der Waals surface area contributed by atoms with Crippen LogP contribution in [-0.2, 0) is 14.3 Å². The van der Waals surface area contributed by atoms with Crippen LogP contribution in [0.5, 0.6) is 11.5 Å². The lowest BCUT2D eigenvalue weighted by Gasteiger charge is -2.29. The van der Waals surface area contributed by atoms with Gasteiger partial charge < -0.3 is 19.1 Å². The predicted octanol–water partition coefficient (Wildman–Crippen LogP) is 2.78. The third-order valence-electron chi connectivity index (χ3n) is 4.22. The second-order valence-corrected chi connectivity index (χ2v) is 6.10. The fraction of sp³-hybridized carbons (Fsp3) is 0.444. The molecule has 0 aromatic heterocycles. The predicted molar refractivity (Wildman–Crippen MR) is 94.9 cm³/mol. The summed E-state index contributed by atoms with van der Waals surface area (Å²) in [7, 11) is 4.43. The minimum atomic E-state index is -0.206. The van der Waals surface area contributed by atoms with Crippen LogP contribution in [0.2, 0.25) is 5.02 Å². The molecule has 1 aromatic rings. The first-order valence-electron chi connectivity index (χ1n) is 7.96. The van der Waals surface area contributed by atoms with Crippen LogP contribution in [-0.4, -0.2) is 51.2 Å². The van der Waals surface area contributed by atoms with Gasteiger partial charge >= 0.3 is 5.97 Å². The van der Waals surface area contributed by atoms with Crippen LogP contribution in [0.4, 0.5) is 0 Å². The van der Waals surface area contributed by atoms with Crippen molar-refractivity contribution in [3.8, 4) is 11.5 Å². The molecule has 0 atom stereocenters. The van der Waals surface area contributed by atoms with E-state index in [2.05, 4.69) is 0 Å². The molecule has 0 radical (unpaired) electrons. The zero-order valence-corrected chi connectivity index (χ0v) is 15.3. The molecule has 0 aliphatic carbocycles. The number of benzene rings is 1. The molecule has 7 heteroatoms. The van der Waals surface area contributed by atoms with Crippen molar-refractivity contribution >= 4 is 29.6 Å². The smallest absolute Gasteiger partial charge is 0.308 e. The number of esters is 1. The van der Waals surface area contributed by atoms with Crippen LogP contribution in [0.1, 0.15) is 18.4 Å². The number of carbonyl (C=O) groups excluding carboxylic acids is 2. The fourth-order valence-electron chi connectivity index (χ4n) is 2.81. The molecule has 6 nitrogen and oxygen atoms in total. The molecule has 1 amide bonds. The lowest BCUT2D eigenvalue weighted by atomic mass is 9.97. The summed E-state index contributed by atoms with van der Waals surface area (Å²) in [6.45, 7) is 1.07. The Morgan fingerprint density at radius 2 is 1.84 bits per heavy atom. The summed E-state index contributed by atoms with van der Waals surface area (Å²) < 4.78 is 15.2. The number of amides is 1. The number of hydrogen-bond donors (Lipinski definition) is 0. The largest absolute Gasteiger partial charge is 0.493 e. The molecule has 25 heavy (non-hydrogen) atoms. The minimum Gasteiger partial charge on any atom is -0.493 e. The summed E-state index contributed by atoms with van der Waals surface area (Å²) in [5.74, 6) is 0.526. The van der Waals surface area contributed by atoms with Crippen molar-refractivity contribution in [2.75, 3.05) is 34.4 Å². The van der Waals surface area contributed by atoms with Gasteiger partial charge in [-0.3, -0.25) is 9.59 Å². The Balaban J connectivity index is 2.01. The quantitative estimate of drug-likeness (QED) is 0.591. The summed E-state index contributed by atoms with van der Waals surface area (Å²) in [6, 6.07) is 3.45. The molecule has 1 aliphatic rings. The van der Waals surface area contributed by atoms with Gasteiger partial charge in [0.2, 0.25) is 5.91 Å². The molecule has 1 saturated heterocycles. The maximum atomic E-state index is 12.3. The van der Waals surface area contributed by atoms with Gasteiger partial charge in [0, 0.05) is 19.2 Å². The molecular weight excluding hydrogens is 346 g/mol. The maximum Gasteiger partial charge on any atom is 0.308 e. The monoisotopic (exact) mass is 367 g/mol. The Kier molecular flexibility index (Phi) is 6.70. The van der Waals surface area contributed by atoms with Crippen LogP contribution in [0.15, 0.2) is 18.2 Å². The molecule has 1 fully saturated rings. The summed E-state index contributed by atoms with van der Waals surface area (Å²) in [5.41, 5.74) is 0.737. The van der Waals surface area contributed by atoms with Crippen molar-refractivity contribution < 1.29 is 23.8 Å². The number of likely N-dealkylation sites (tertiary alicyclic amines) is 1. The highest BCUT2D eigenvalue weighted by Gasteiger charge is 2.27. The lowest BCUT2D eigenvalue weighted by Crippen LogP contribution is -2.39. The number of hydrogen-bond acceptors (Lipinski definition) is 5. The molecule has 0 N–H and O–H groups in total. The van der Waals surface area contributed by atoms with Crippen LogP contribution < -0.4 is 9.47 Å². The van der Waals surface area contributed by atoms with Crippen LogP contribution in [0.3, 0.4) is 0 Å². The molecule has 1 aliphatic heterocycles. The Morgan fingerprint density at radius 1 is 1.16 bits per heavy atom. The lowest BCUT2D eigenvalue weighted by molar-refractivity contribution is -0.148. The first-order chi connectivity index (χ1) is 12.0. The molecule has 1 heterocycles. The van der Waals surface area contributed by atoms with E-state index in [0.29, 0.717) is 42.5 Å². The Bertz CT molecular complexity index is 666. The zero-order valence-electron chi connectivity index (χ0n) is 14.6. The van der Waals surface area contributed by atoms with E-state index in [9.17, 15) is 9.59 Å². The van der Waals surface area contributed by atoms with E-state index in [1.165, 1.54) is 27.4 Å². The highest BCUT2D eigenvalue weighted by molar-refractivity contribution is 6.32. The van der Waals surface area contributed by atoms with Gasteiger partial charge in [0.15, 0.2) is 11.5 Å². The van der Waals surface area contributed by atoms with Crippen molar-refractivity contribution in [3.63, 3.8) is 0 Å². The third kappa shape index (κ3) is 4.66. The van der Waals surface area contributed by atoms with E-state index in [1.54, 1.807) is 23.1 Å². The van der Waals surface area contributed by atoms with E-state index in [-0.39, 0.29) is 17.8 Å². The van der Waals surface area contributed by atoms with Crippen molar-refractivity contribution in [2.24, 2.45) is 5.92 Å². The third-order valence-corrected chi connectivity index (χ3v) is 4.50. The SMILES string of the molecule is COC(=O)C1CCN(C(=O)/C=C/c2cc(Cl)c(OC)c(OC)c2)CC1. The van der Waals surface area contributed by atoms with Gasteiger partial charge in [0.05, 0.1) is 32.3 Å². The molecule has 0 spiro atoms. The highest BCUT2D eigenvalue weighted by atomic mass is 35.5. The van der Waals surface area contributed by atoms with Gasteiger partial charge in [-0.1, -0.05) is 11.6 Å². The average Bonchev–Trinajstić information content (AvgIpc) is 2.64. The van der Waals surface area contributed by atoms with Crippen LogP contribution >= 0.6 is 11.6 Å². The van der Waals surface area contributed by atoms with Crippen LogP contribution in [0.25, 0.3) is 6.08 Å². The number of rotatable bonds is 5. The van der Waals surface area contributed by atoms with Crippen molar-refractivity contribution in [1.29, 1.82) is 0 Å². The van der Waals surface area contributed by atoms with Gasteiger partial charge in [0.1, 0.15) is 0 Å². The first-order valence-corrected chi connectivity index (χ1v) is 8.34. The average molecular weight is 368 g/mol. The number of nitrogens with zero attached hydrogens (tertiary/aromatic N) is 1. The fourth-order valence-corrected chi connectivity index (χ4v) is 3.11. The number of carbonyl (C=O) groups is 2. The topological polar surface area (TPSA) is 65.1 Å². The summed E-state index contributed by atoms with van der Waals surface area (Å²) in [5, 5.41) is 0.410. The first kappa shape index (κ1) is 19.1. The van der Waals surface area contributed by atoms with E-state index in [1.807, 2.05) is 0 Å². The molecule has 0 unspecified atom stereocenters. The Hall–Kier alpha value is -2.21. The number of ether oxygens (including phenoxy) is 3. The number of methoxy groups -OCH3 is 3. The molecule has 0 saturated carbocycles. The number of piperidine rings is 1. The van der Waals surface area contributed by atoms with Crippen molar-refractivity contribution in [2.45, 2.75) is 12.8 Å². The van der Waals surface area contributed by atoms with Gasteiger partial charge in [-0.25, -0.2) is 0 Å². The molecule has 0 bridgehead atoms. The Morgan fingerprint density at radius 3 is 2.40 bits per heavy atom. The maximum absolute atomic E-state index is 12.3. The second kappa shape index (κ2) is 8.76. The van der Waals surface area contributed by atoms with E-state index < -0.39 is 0 Å². The molecule has 2 rings (SSSR count). The van der Waals surface area contributed by atoms with E-state index in [4.69, 9.17) is 25.8 Å². The van der Waals surface area contributed by atoms with Crippen LogP contribution in [0, 0.1) is 5.92 Å². The molecule has 136 valence electrons. The van der Waals surface area contributed by atoms with Gasteiger partial charge in [-0.2, -0.15) is 0 Å². The van der Waals surface area contributed by atoms with Gasteiger partial charge in [-0.05, 0) is 36.6 Å². The zero-order chi connectivity index (χ0) is 18.4. The second-order valence-electron chi connectivity index (χ2n) is 5.69. The summed E-state index contributed by atoms with van der Waals surface area (Å²) in [4.78, 5) is 25.6.